The van der Waals surface area contributed by atoms with Gasteiger partial charge in [-0.25, -0.2) is 23.7 Å². The molecule has 3 aromatic rings. The summed E-state index contributed by atoms with van der Waals surface area (Å²) >= 11 is 1.22. The van der Waals surface area contributed by atoms with Gasteiger partial charge in [-0.2, -0.15) is 0 Å². The molecule has 1 saturated carbocycles. The maximum atomic E-state index is 15.0. The quantitative estimate of drug-likeness (QED) is 0.484. The number of rotatable bonds is 7. The number of fused-ring (bicyclic) bond motifs is 1. The molecule has 0 bridgehead atoms. The van der Waals surface area contributed by atoms with Crippen LogP contribution in [0, 0.1) is 24.6 Å². The molecule has 0 saturated heterocycles. The third-order valence-corrected chi connectivity index (χ3v) is 8.29. The largest absolute Gasteiger partial charge is 0.467 e. The molecule has 0 radical (unpaired) electrons. The number of carbonyl (C=O) groups excluding carboxylic acids is 1. The van der Waals surface area contributed by atoms with Gasteiger partial charge in [-0.15, -0.1) is 0 Å². The third-order valence-electron chi connectivity index (χ3n) is 6.88. The fourth-order valence-electron chi connectivity index (χ4n) is 5.09. The Balaban J connectivity index is 1.36. The van der Waals surface area contributed by atoms with Gasteiger partial charge in [-0.05, 0) is 38.0 Å². The van der Waals surface area contributed by atoms with Crippen molar-refractivity contribution in [3.63, 3.8) is 0 Å². The number of amidine groups is 1. The minimum absolute atomic E-state index is 0.0397. The van der Waals surface area contributed by atoms with E-state index in [1.165, 1.54) is 48.6 Å². The van der Waals surface area contributed by atoms with E-state index in [1.54, 1.807) is 13.8 Å². The van der Waals surface area contributed by atoms with E-state index in [4.69, 9.17) is 14.9 Å². The molecule has 2 aliphatic rings. The Bertz CT molecular complexity index is 1350. The predicted octanol–water partition coefficient (Wildman–Crippen LogP) is 3.99. The maximum Gasteiger partial charge on any atom is 0.276 e. The van der Waals surface area contributed by atoms with E-state index in [1.807, 2.05) is 6.92 Å². The molecule has 0 spiro atoms. The number of aryl methyl sites for hydroxylation is 1. The Kier molecular flexibility index (Phi) is 5.93. The summed E-state index contributed by atoms with van der Waals surface area (Å²) in [5, 5.41) is 2.96. The van der Waals surface area contributed by atoms with E-state index in [0.717, 1.165) is 0 Å². The molecule has 5 rings (SSSR count). The lowest BCUT2D eigenvalue weighted by Crippen LogP contribution is -2.36. The number of alkyl halides is 1. The van der Waals surface area contributed by atoms with Crippen molar-refractivity contribution in [2.45, 2.75) is 37.7 Å². The van der Waals surface area contributed by atoms with E-state index in [0.29, 0.717) is 17.3 Å². The Morgan fingerprint density at radius 3 is 2.86 bits per heavy atom. The lowest BCUT2D eigenvalue weighted by Gasteiger charge is -2.33. The van der Waals surface area contributed by atoms with Gasteiger partial charge in [-0.3, -0.25) is 9.79 Å². The van der Waals surface area contributed by atoms with Crippen LogP contribution in [-0.2, 0) is 12.1 Å². The topological polar surface area (TPSA) is 129 Å². The molecule has 36 heavy (non-hydrogen) atoms. The number of thioether (sulfide) groups is 1. The minimum atomic E-state index is -1.07. The molecule has 1 amide bonds. The fourth-order valence-corrected chi connectivity index (χ4v) is 6.58. The van der Waals surface area contributed by atoms with E-state index in [9.17, 15) is 9.18 Å². The number of nitrogens with zero attached hydrogens (tertiary/aromatic N) is 4. The van der Waals surface area contributed by atoms with Crippen molar-refractivity contribution >= 4 is 28.5 Å². The third kappa shape index (κ3) is 3.98. The molecule has 2 aromatic heterocycles. The van der Waals surface area contributed by atoms with Crippen LogP contribution >= 0.6 is 11.8 Å². The number of amides is 1. The Morgan fingerprint density at radius 2 is 2.17 bits per heavy atom. The highest BCUT2D eigenvalue weighted by Gasteiger charge is 2.72. The first-order valence-electron chi connectivity index (χ1n) is 11.2. The number of nitrogens with one attached hydrogen (secondary N) is 1. The van der Waals surface area contributed by atoms with Gasteiger partial charge in [0.15, 0.2) is 11.8 Å². The number of halogens is 2. The number of nitrogens with two attached hydrogens (primary N) is 1. The molecule has 1 aliphatic carbocycles. The number of benzene rings is 1. The molecule has 1 aliphatic heterocycles. The number of oxazole rings is 1. The number of ether oxygens (including phenoxy) is 1. The van der Waals surface area contributed by atoms with Crippen LogP contribution in [0.25, 0.3) is 0 Å². The summed E-state index contributed by atoms with van der Waals surface area (Å²) in [6.07, 6.45) is 4.26. The predicted molar refractivity (Wildman–Crippen MR) is 130 cm³/mol. The first-order valence-corrected chi connectivity index (χ1v) is 12.1. The molecular weight excluding hydrogens is 490 g/mol. The smallest absolute Gasteiger partial charge is 0.276 e. The highest BCUT2D eigenvalue weighted by atomic mass is 32.2. The monoisotopic (exact) mass is 514 g/mol. The average molecular weight is 515 g/mol. The van der Waals surface area contributed by atoms with E-state index in [-0.39, 0.29) is 40.7 Å². The second-order valence-corrected chi connectivity index (χ2v) is 10.4. The van der Waals surface area contributed by atoms with Gasteiger partial charge in [0.1, 0.15) is 24.4 Å². The Morgan fingerprint density at radius 1 is 1.36 bits per heavy atom. The molecule has 0 unspecified atom stereocenters. The van der Waals surface area contributed by atoms with Crippen molar-refractivity contribution in [3.8, 4) is 5.88 Å². The van der Waals surface area contributed by atoms with Crippen LogP contribution < -0.4 is 15.8 Å². The van der Waals surface area contributed by atoms with Crippen molar-refractivity contribution in [3.05, 3.63) is 65.5 Å². The lowest BCUT2D eigenvalue weighted by molar-refractivity contribution is 0.102. The summed E-state index contributed by atoms with van der Waals surface area (Å²) in [5.41, 5.74) is 5.97. The zero-order valence-electron chi connectivity index (χ0n) is 19.8. The van der Waals surface area contributed by atoms with Crippen LogP contribution in [0.2, 0.25) is 0 Å². The SMILES string of the molecule is Cc1nc(OCc2ncco2)cnc1C(=O)Nc1ccc(F)c([C@@]2(C)N=C(N)S[C@]3(CF)[C@H]2[C@@H]3C)c1. The zero-order valence-corrected chi connectivity index (χ0v) is 20.6. The first kappa shape index (κ1) is 24.2. The molecule has 188 valence electrons. The van der Waals surface area contributed by atoms with Crippen molar-refractivity contribution in [2.75, 3.05) is 12.0 Å². The molecule has 3 heterocycles. The minimum Gasteiger partial charge on any atom is -0.467 e. The second-order valence-electron chi connectivity index (χ2n) is 9.06. The number of carbonyl (C=O) groups is 1. The normalized spacial score (nSPS) is 26.6. The summed E-state index contributed by atoms with van der Waals surface area (Å²) in [6, 6.07) is 4.22. The van der Waals surface area contributed by atoms with Gasteiger partial charge in [0.25, 0.3) is 5.91 Å². The van der Waals surface area contributed by atoms with Gasteiger partial charge >= 0.3 is 0 Å². The average Bonchev–Trinajstić information content (AvgIpc) is 3.17. The molecule has 3 N–H and O–H groups in total. The zero-order chi connectivity index (χ0) is 25.7. The molecule has 1 aromatic carbocycles. The van der Waals surface area contributed by atoms with Crippen molar-refractivity contribution < 1.29 is 22.7 Å². The molecule has 4 atom stereocenters. The number of hydrogen-bond acceptors (Lipinski definition) is 9. The van der Waals surface area contributed by atoms with E-state index < -0.39 is 28.7 Å². The highest BCUT2D eigenvalue weighted by Crippen LogP contribution is 2.69. The maximum absolute atomic E-state index is 15.0. The molecule has 1 fully saturated rings. The summed E-state index contributed by atoms with van der Waals surface area (Å²) < 4.78 is 38.9. The van der Waals surface area contributed by atoms with E-state index >= 15 is 4.39 Å². The van der Waals surface area contributed by atoms with E-state index in [2.05, 4.69) is 25.3 Å². The number of hydrogen-bond donors (Lipinski definition) is 2. The number of anilines is 1. The van der Waals surface area contributed by atoms with Gasteiger partial charge in [0, 0.05) is 17.2 Å². The summed E-state index contributed by atoms with van der Waals surface area (Å²) in [5.74, 6) is -0.716. The number of aliphatic imine (C=N–C) groups is 1. The summed E-state index contributed by atoms with van der Waals surface area (Å²) in [6.45, 7) is 4.79. The van der Waals surface area contributed by atoms with Crippen molar-refractivity contribution in [1.29, 1.82) is 0 Å². The number of aromatic nitrogens is 3. The van der Waals surface area contributed by atoms with Crippen LogP contribution in [0.15, 0.2) is 46.3 Å². The van der Waals surface area contributed by atoms with Gasteiger partial charge in [0.2, 0.25) is 11.8 Å². The molecule has 12 heteroatoms. The first-order chi connectivity index (χ1) is 17.2. The van der Waals surface area contributed by atoms with Crippen molar-refractivity contribution in [1.82, 2.24) is 15.0 Å². The van der Waals surface area contributed by atoms with Gasteiger partial charge < -0.3 is 20.2 Å². The Hall–Kier alpha value is -3.54. The van der Waals surface area contributed by atoms with Crippen molar-refractivity contribution in [2.24, 2.45) is 22.6 Å². The fraction of sp³-hybridized carbons (Fsp3) is 0.375. The summed E-state index contributed by atoms with van der Waals surface area (Å²) in [4.78, 5) is 29.9. The summed E-state index contributed by atoms with van der Waals surface area (Å²) in [7, 11) is 0. The Labute approximate surface area is 210 Å². The van der Waals surface area contributed by atoms with Crippen LogP contribution in [0.4, 0.5) is 14.5 Å². The van der Waals surface area contributed by atoms with Crippen LogP contribution in [0.1, 0.15) is 41.5 Å². The lowest BCUT2D eigenvalue weighted by atomic mass is 9.85. The van der Waals surface area contributed by atoms with Gasteiger partial charge in [-0.1, -0.05) is 18.7 Å². The molecular formula is C24H24F2N6O3S. The van der Waals surface area contributed by atoms with Crippen LogP contribution in [0.5, 0.6) is 5.88 Å². The van der Waals surface area contributed by atoms with Gasteiger partial charge in [0.05, 0.1) is 28.4 Å². The highest BCUT2D eigenvalue weighted by molar-refractivity contribution is 8.15. The van der Waals surface area contributed by atoms with Crippen LogP contribution in [-0.4, -0.2) is 37.4 Å². The standard InChI is InChI=1S/C24H24F2N6O3S/c1-12-20-23(3,32-22(27)36-24(12,20)11-25)15-8-14(4-5-16(15)26)31-21(33)19-13(2)30-17(9-29-19)35-10-18-28-6-7-34-18/h4-9,12,20H,10-11H2,1-3H3,(H2,27,32)(H,31,33)/t12-,20-,23+,24-/m0/s1. The molecule has 9 nitrogen and oxygen atoms in total. The van der Waals surface area contributed by atoms with Crippen LogP contribution in [0.3, 0.4) is 0 Å². The second kappa shape index (κ2) is 8.84.